The largest absolute Gasteiger partial charge is 0.356 e. The van der Waals surface area contributed by atoms with Crippen molar-refractivity contribution in [1.82, 2.24) is 16.0 Å². The zero-order valence-electron chi connectivity index (χ0n) is 15.9. The van der Waals surface area contributed by atoms with Crippen LogP contribution in [-0.4, -0.2) is 39.1 Å². The molecule has 0 aliphatic carbocycles. The third-order valence-corrected chi connectivity index (χ3v) is 4.06. The van der Waals surface area contributed by atoms with Crippen molar-refractivity contribution < 1.29 is 13.6 Å². The Balaban J connectivity index is 0.00000392. The van der Waals surface area contributed by atoms with Crippen molar-refractivity contribution in [3.8, 4) is 0 Å². The van der Waals surface area contributed by atoms with Gasteiger partial charge >= 0.3 is 0 Å². The summed E-state index contributed by atoms with van der Waals surface area (Å²) >= 11 is 0. The first kappa shape index (κ1) is 23.8. The number of carbonyl (C=O) groups excluding carboxylic acids is 1. The van der Waals surface area contributed by atoms with Gasteiger partial charge in [0, 0.05) is 32.7 Å². The van der Waals surface area contributed by atoms with Crippen LogP contribution >= 0.6 is 24.0 Å². The molecule has 28 heavy (non-hydrogen) atoms. The van der Waals surface area contributed by atoms with Crippen LogP contribution in [0, 0.1) is 11.6 Å². The van der Waals surface area contributed by atoms with Gasteiger partial charge in [-0.3, -0.25) is 9.79 Å². The maximum absolute atomic E-state index is 13.6. The Morgan fingerprint density at radius 3 is 2.39 bits per heavy atom. The summed E-state index contributed by atoms with van der Waals surface area (Å²) in [5.41, 5.74) is 1.97. The molecular weight excluding hydrogens is 477 g/mol. The minimum atomic E-state index is -0.839. The van der Waals surface area contributed by atoms with Gasteiger partial charge in [-0.2, -0.15) is 0 Å². The van der Waals surface area contributed by atoms with E-state index in [0.29, 0.717) is 43.0 Å². The highest BCUT2D eigenvalue weighted by Gasteiger charge is 2.07. The molecule has 0 unspecified atom stereocenters. The second-order valence-corrected chi connectivity index (χ2v) is 5.92. The van der Waals surface area contributed by atoms with E-state index in [1.165, 1.54) is 6.07 Å². The van der Waals surface area contributed by atoms with Gasteiger partial charge in [-0.05, 0) is 42.2 Å². The highest BCUT2D eigenvalue weighted by molar-refractivity contribution is 14.0. The van der Waals surface area contributed by atoms with Crippen LogP contribution in [0.25, 0.3) is 0 Å². The first-order chi connectivity index (χ1) is 13.0. The summed E-state index contributed by atoms with van der Waals surface area (Å²) in [5, 5.41) is 8.84. The van der Waals surface area contributed by atoms with Crippen LogP contribution in [0.15, 0.2) is 47.5 Å². The molecule has 0 bridgehead atoms. The fourth-order valence-corrected chi connectivity index (χ4v) is 2.62. The number of hydrogen-bond donors (Lipinski definition) is 3. The summed E-state index contributed by atoms with van der Waals surface area (Å²) in [6.07, 6.45) is 1.06. The van der Waals surface area contributed by atoms with Gasteiger partial charge in [0.2, 0.25) is 0 Å². The molecule has 0 saturated carbocycles. The minimum Gasteiger partial charge on any atom is -0.356 e. The number of aliphatic imine (C=N–C) groups is 1. The molecule has 0 fully saturated rings. The third-order valence-electron chi connectivity index (χ3n) is 4.06. The van der Waals surface area contributed by atoms with Crippen LogP contribution in [0.3, 0.4) is 0 Å². The predicted molar refractivity (Wildman–Crippen MR) is 118 cm³/mol. The smallest absolute Gasteiger partial charge is 0.251 e. The zero-order chi connectivity index (χ0) is 19.6. The molecule has 0 aliphatic rings. The molecule has 1 amide bonds. The van der Waals surface area contributed by atoms with Crippen molar-refractivity contribution in [2.75, 3.05) is 27.2 Å². The van der Waals surface area contributed by atoms with Crippen molar-refractivity contribution >= 4 is 35.8 Å². The minimum absolute atomic E-state index is 0. The molecule has 3 N–H and O–H groups in total. The Hall–Kier alpha value is -2.23. The molecule has 0 aliphatic heterocycles. The Bertz CT molecular complexity index is 815. The van der Waals surface area contributed by atoms with E-state index in [1.54, 1.807) is 26.2 Å². The maximum atomic E-state index is 13.6. The topological polar surface area (TPSA) is 65.5 Å². The van der Waals surface area contributed by atoms with Crippen LogP contribution in [-0.2, 0) is 12.8 Å². The first-order valence-electron chi connectivity index (χ1n) is 8.73. The van der Waals surface area contributed by atoms with Gasteiger partial charge in [0.25, 0.3) is 5.91 Å². The molecule has 0 spiro atoms. The molecule has 2 rings (SSSR count). The molecule has 8 heteroatoms. The lowest BCUT2D eigenvalue weighted by Gasteiger charge is -2.12. The fourth-order valence-electron chi connectivity index (χ4n) is 2.62. The number of guanidine groups is 1. The average Bonchev–Trinajstić information content (AvgIpc) is 2.69. The SMILES string of the molecule is CN=C(NCCc1cccc(C(=O)NC)c1)NCCc1cccc(F)c1F.I. The van der Waals surface area contributed by atoms with Gasteiger partial charge in [-0.25, -0.2) is 8.78 Å². The highest BCUT2D eigenvalue weighted by atomic mass is 127. The van der Waals surface area contributed by atoms with E-state index in [9.17, 15) is 13.6 Å². The van der Waals surface area contributed by atoms with Gasteiger partial charge in [-0.1, -0.05) is 24.3 Å². The molecule has 0 aromatic heterocycles. The molecule has 2 aromatic rings. The Kier molecular flexibility index (Phi) is 10.4. The molecule has 0 radical (unpaired) electrons. The summed E-state index contributed by atoms with van der Waals surface area (Å²) in [6.45, 7) is 1.04. The average molecular weight is 502 g/mol. The van der Waals surface area contributed by atoms with Crippen LogP contribution < -0.4 is 16.0 Å². The van der Waals surface area contributed by atoms with Crippen molar-refractivity contribution in [2.24, 2.45) is 4.99 Å². The van der Waals surface area contributed by atoms with E-state index in [4.69, 9.17) is 0 Å². The number of nitrogens with one attached hydrogen (secondary N) is 3. The summed E-state index contributed by atoms with van der Waals surface area (Å²) in [6, 6.07) is 11.6. The van der Waals surface area contributed by atoms with Gasteiger partial charge < -0.3 is 16.0 Å². The number of nitrogens with zero attached hydrogens (tertiary/aromatic N) is 1. The Morgan fingerprint density at radius 1 is 1.04 bits per heavy atom. The van der Waals surface area contributed by atoms with Crippen molar-refractivity contribution in [3.63, 3.8) is 0 Å². The number of rotatable bonds is 7. The lowest BCUT2D eigenvalue weighted by atomic mass is 10.1. The Morgan fingerprint density at radius 2 is 1.71 bits per heavy atom. The molecule has 0 saturated heterocycles. The van der Waals surface area contributed by atoms with Crippen LogP contribution in [0.4, 0.5) is 8.78 Å². The number of carbonyl (C=O) groups is 1. The van der Waals surface area contributed by atoms with E-state index < -0.39 is 11.6 Å². The van der Waals surface area contributed by atoms with E-state index in [2.05, 4.69) is 20.9 Å². The predicted octanol–water partition coefficient (Wildman–Crippen LogP) is 2.89. The molecule has 0 heterocycles. The van der Waals surface area contributed by atoms with Crippen LogP contribution in [0.2, 0.25) is 0 Å². The van der Waals surface area contributed by atoms with Crippen LogP contribution in [0.1, 0.15) is 21.5 Å². The number of halogens is 3. The van der Waals surface area contributed by atoms with Gasteiger partial charge in [0.05, 0.1) is 0 Å². The monoisotopic (exact) mass is 502 g/mol. The first-order valence-corrected chi connectivity index (χ1v) is 8.73. The maximum Gasteiger partial charge on any atom is 0.251 e. The van der Waals surface area contributed by atoms with E-state index in [1.807, 2.05) is 18.2 Å². The van der Waals surface area contributed by atoms with Gasteiger partial charge in [0.1, 0.15) is 0 Å². The third kappa shape index (κ3) is 7.06. The highest BCUT2D eigenvalue weighted by Crippen LogP contribution is 2.11. The molecule has 2 aromatic carbocycles. The van der Waals surface area contributed by atoms with E-state index in [0.717, 1.165) is 11.6 Å². The second kappa shape index (κ2) is 12.3. The van der Waals surface area contributed by atoms with Crippen LogP contribution in [0.5, 0.6) is 0 Å². The summed E-state index contributed by atoms with van der Waals surface area (Å²) in [4.78, 5) is 15.8. The van der Waals surface area contributed by atoms with Crippen molar-refractivity contribution in [1.29, 1.82) is 0 Å². The van der Waals surface area contributed by atoms with Gasteiger partial charge in [-0.15, -0.1) is 24.0 Å². The van der Waals surface area contributed by atoms with Gasteiger partial charge in [0.15, 0.2) is 17.6 Å². The Labute approximate surface area is 181 Å². The lowest BCUT2D eigenvalue weighted by Crippen LogP contribution is -2.39. The lowest BCUT2D eigenvalue weighted by molar-refractivity contribution is 0.0963. The van der Waals surface area contributed by atoms with Crippen molar-refractivity contribution in [3.05, 3.63) is 70.8 Å². The fraction of sp³-hybridized carbons (Fsp3) is 0.300. The summed E-state index contributed by atoms with van der Waals surface area (Å²) < 4.78 is 26.8. The molecule has 5 nitrogen and oxygen atoms in total. The summed E-state index contributed by atoms with van der Waals surface area (Å²) in [5.74, 6) is -1.19. The zero-order valence-corrected chi connectivity index (χ0v) is 18.2. The van der Waals surface area contributed by atoms with E-state index >= 15 is 0 Å². The molecular formula is C20H25F2IN4O. The second-order valence-electron chi connectivity index (χ2n) is 5.92. The standard InChI is InChI=1S/C20H24F2N4O.HI/c1-23-19(27)16-7-3-5-14(13-16)9-11-25-20(24-2)26-12-10-15-6-4-8-17(21)18(15)22;/h3-8,13H,9-12H2,1-2H3,(H,23,27)(H2,24,25,26);1H. The molecule has 152 valence electrons. The molecule has 0 atom stereocenters. The number of benzene rings is 2. The quantitative estimate of drug-likeness (QED) is 0.310. The van der Waals surface area contributed by atoms with E-state index in [-0.39, 0.29) is 29.9 Å². The van der Waals surface area contributed by atoms with Crippen molar-refractivity contribution in [2.45, 2.75) is 12.8 Å². The number of hydrogen-bond acceptors (Lipinski definition) is 2. The summed E-state index contributed by atoms with van der Waals surface area (Å²) in [7, 11) is 3.24. The normalized spacial score (nSPS) is 10.8. The number of amides is 1.